The molecule has 0 saturated heterocycles. The summed E-state index contributed by atoms with van der Waals surface area (Å²) in [5.74, 6) is 2.02. The molecule has 1 aliphatic rings. The van der Waals surface area contributed by atoms with Gasteiger partial charge in [-0.2, -0.15) is 0 Å². The Balaban J connectivity index is 0.00000280. The van der Waals surface area contributed by atoms with Crippen LogP contribution in [0, 0.1) is 5.92 Å². The first-order valence-electron chi connectivity index (χ1n) is 9.17. The number of guanidine groups is 1. The van der Waals surface area contributed by atoms with E-state index in [0.717, 1.165) is 23.6 Å². The zero-order valence-electron chi connectivity index (χ0n) is 15.7. The van der Waals surface area contributed by atoms with Crippen molar-refractivity contribution in [2.45, 2.75) is 32.4 Å². The Morgan fingerprint density at radius 3 is 2.79 bits per heavy atom. The molecule has 3 N–H and O–H groups in total. The number of nitrogens with zero attached hydrogens (tertiary/aromatic N) is 2. The zero-order chi connectivity index (χ0) is 19.1. The van der Waals surface area contributed by atoms with E-state index in [1.807, 2.05) is 25.1 Å². The van der Waals surface area contributed by atoms with Gasteiger partial charge < -0.3 is 20.5 Å². The van der Waals surface area contributed by atoms with Crippen molar-refractivity contribution in [2.24, 2.45) is 10.9 Å². The van der Waals surface area contributed by atoms with Gasteiger partial charge in [-0.15, -0.1) is 35.3 Å². The molecule has 3 rings (SSSR count). The van der Waals surface area contributed by atoms with E-state index in [4.69, 9.17) is 16.3 Å². The molecule has 1 aliphatic carbocycles. The largest absolute Gasteiger partial charge is 0.477 e. The van der Waals surface area contributed by atoms with Crippen LogP contribution in [0.15, 0.2) is 35.5 Å². The minimum absolute atomic E-state index is 0. The van der Waals surface area contributed by atoms with Gasteiger partial charge in [0, 0.05) is 30.2 Å². The van der Waals surface area contributed by atoms with Crippen molar-refractivity contribution in [3.8, 4) is 5.88 Å². The predicted molar refractivity (Wildman–Crippen MR) is 125 cm³/mol. The summed E-state index contributed by atoms with van der Waals surface area (Å²) in [6.07, 6.45) is 3.69. The fourth-order valence-electron chi connectivity index (χ4n) is 2.39. The molecule has 1 fully saturated rings. The highest BCUT2D eigenvalue weighted by molar-refractivity contribution is 14.0. The topological polar surface area (TPSA) is 78.8 Å². The van der Waals surface area contributed by atoms with E-state index >= 15 is 0 Å². The van der Waals surface area contributed by atoms with E-state index in [2.05, 4.69) is 20.6 Å². The maximum atomic E-state index is 10.2. The Labute approximate surface area is 191 Å². The molecule has 0 aliphatic heterocycles. The lowest BCUT2D eigenvalue weighted by molar-refractivity contribution is 0.184. The zero-order valence-corrected chi connectivity index (χ0v) is 19.6. The molecule has 2 heterocycles. The highest BCUT2D eigenvalue weighted by Crippen LogP contribution is 2.29. The van der Waals surface area contributed by atoms with Crippen molar-refractivity contribution >= 4 is 52.9 Å². The summed E-state index contributed by atoms with van der Waals surface area (Å²) < 4.78 is 6.32. The predicted octanol–water partition coefficient (Wildman–Crippen LogP) is 3.99. The van der Waals surface area contributed by atoms with Crippen molar-refractivity contribution in [3.63, 3.8) is 0 Å². The number of pyridine rings is 1. The number of aliphatic hydroxyl groups is 1. The Hall–Kier alpha value is -1.10. The van der Waals surface area contributed by atoms with E-state index in [0.29, 0.717) is 35.2 Å². The lowest BCUT2D eigenvalue weighted by Gasteiger charge is -2.14. The molecule has 154 valence electrons. The molecule has 0 bridgehead atoms. The molecule has 1 saturated carbocycles. The maximum absolute atomic E-state index is 10.2. The van der Waals surface area contributed by atoms with E-state index in [1.54, 1.807) is 12.3 Å². The number of aliphatic hydroxyl groups excluding tert-OH is 1. The minimum Gasteiger partial charge on any atom is -0.477 e. The fourth-order valence-corrected chi connectivity index (χ4v) is 3.44. The summed E-state index contributed by atoms with van der Waals surface area (Å²) in [6.45, 7) is 4.34. The van der Waals surface area contributed by atoms with Gasteiger partial charge in [0.25, 0.3) is 0 Å². The summed E-state index contributed by atoms with van der Waals surface area (Å²) in [5, 5.41) is 16.6. The molecule has 0 amide bonds. The summed E-state index contributed by atoms with van der Waals surface area (Å²) in [7, 11) is 0. The second-order valence-corrected chi connectivity index (χ2v) is 8.24. The quantitative estimate of drug-likeness (QED) is 0.257. The first kappa shape index (κ1) is 23.2. The van der Waals surface area contributed by atoms with Crippen LogP contribution in [0.5, 0.6) is 5.88 Å². The summed E-state index contributed by atoms with van der Waals surface area (Å²) >= 11 is 7.30. The van der Waals surface area contributed by atoms with Crippen molar-refractivity contribution in [1.82, 2.24) is 15.6 Å². The monoisotopic (exact) mass is 536 g/mol. The minimum atomic E-state index is -0.629. The van der Waals surface area contributed by atoms with Crippen molar-refractivity contribution < 1.29 is 9.84 Å². The molecule has 6 nitrogen and oxygen atoms in total. The van der Waals surface area contributed by atoms with Gasteiger partial charge in [0.15, 0.2) is 5.96 Å². The second-order valence-electron chi connectivity index (χ2n) is 6.49. The van der Waals surface area contributed by atoms with Gasteiger partial charge in [-0.1, -0.05) is 17.7 Å². The van der Waals surface area contributed by atoms with E-state index in [9.17, 15) is 5.11 Å². The Kier molecular flexibility index (Phi) is 9.76. The van der Waals surface area contributed by atoms with Crippen LogP contribution < -0.4 is 15.4 Å². The van der Waals surface area contributed by atoms with Crippen LogP contribution in [0.2, 0.25) is 4.34 Å². The third-order valence-electron chi connectivity index (χ3n) is 4.11. The standard InChI is InChI=1S/C19H25ClN4O2S.HI/c1-2-21-19(24-11-15(25)16-6-7-17(20)27-16)23-10-14-5-8-18(22-9-14)26-12-13-3-4-13;/h5-9,13,15,25H,2-4,10-12H2,1H3,(H2,21,23,24);1H. The molecule has 1 unspecified atom stereocenters. The summed E-state index contributed by atoms with van der Waals surface area (Å²) in [4.78, 5) is 9.71. The van der Waals surface area contributed by atoms with Crippen LogP contribution in [0.25, 0.3) is 0 Å². The van der Waals surface area contributed by atoms with Crippen molar-refractivity contribution in [1.29, 1.82) is 0 Å². The van der Waals surface area contributed by atoms with Crippen molar-refractivity contribution in [3.05, 3.63) is 45.2 Å². The van der Waals surface area contributed by atoms with Crippen molar-refractivity contribution in [2.75, 3.05) is 19.7 Å². The summed E-state index contributed by atoms with van der Waals surface area (Å²) in [5.41, 5.74) is 0.997. The van der Waals surface area contributed by atoms with Gasteiger partial charge in [-0.05, 0) is 43.4 Å². The van der Waals surface area contributed by atoms with Crippen LogP contribution in [0.1, 0.15) is 36.3 Å². The molecular formula is C19H26ClIN4O2S. The molecule has 1 atom stereocenters. The number of rotatable bonds is 9. The van der Waals surface area contributed by atoms with Gasteiger partial charge in [0.1, 0.15) is 6.10 Å². The molecule has 0 radical (unpaired) electrons. The number of aliphatic imine (C=N–C) groups is 1. The number of hydrogen-bond acceptors (Lipinski definition) is 5. The SMILES string of the molecule is CCNC(=NCc1ccc(OCC2CC2)nc1)NCC(O)c1ccc(Cl)s1.I. The second kappa shape index (κ2) is 11.8. The molecule has 28 heavy (non-hydrogen) atoms. The third-order valence-corrected chi connectivity index (χ3v) is 5.44. The molecule has 0 spiro atoms. The Morgan fingerprint density at radius 1 is 1.36 bits per heavy atom. The lowest BCUT2D eigenvalue weighted by Crippen LogP contribution is -2.39. The van der Waals surface area contributed by atoms with E-state index in [-0.39, 0.29) is 24.0 Å². The normalized spacial score (nSPS) is 14.9. The number of aromatic nitrogens is 1. The highest BCUT2D eigenvalue weighted by Gasteiger charge is 2.22. The lowest BCUT2D eigenvalue weighted by atomic mass is 10.3. The number of hydrogen-bond donors (Lipinski definition) is 3. The van der Waals surface area contributed by atoms with Gasteiger partial charge in [0.05, 0.1) is 17.5 Å². The molecule has 2 aromatic rings. The van der Waals surface area contributed by atoms with Crippen LogP contribution in [0.3, 0.4) is 0 Å². The Bertz CT molecular complexity index is 753. The first-order chi connectivity index (χ1) is 13.1. The number of halogens is 2. The number of thiophene rings is 1. The highest BCUT2D eigenvalue weighted by atomic mass is 127. The van der Waals surface area contributed by atoms with Crippen LogP contribution in [-0.2, 0) is 6.54 Å². The number of ether oxygens (including phenoxy) is 1. The maximum Gasteiger partial charge on any atom is 0.213 e. The average Bonchev–Trinajstić information content (AvgIpc) is 3.41. The van der Waals surface area contributed by atoms with E-state index < -0.39 is 6.10 Å². The molecular weight excluding hydrogens is 511 g/mol. The van der Waals surface area contributed by atoms with E-state index in [1.165, 1.54) is 24.2 Å². The van der Waals surface area contributed by atoms with Gasteiger partial charge in [0.2, 0.25) is 5.88 Å². The van der Waals surface area contributed by atoms with Crippen LogP contribution in [0.4, 0.5) is 0 Å². The summed E-state index contributed by atoms with van der Waals surface area (Å²) in [6, 6.07) is 7.49. The van der Waals surface area contributed by atoms with Crippen LogP contribution >= 0.6 is 46.9 Å². The van der Waals surface area contributed by atoms with Gasteiger partial charge >= 0.3 is 0 Å². The van der Waals surface area contributed by atoms with Gasteiger partial charge in [-0.25, -0.2) is 9.98 Å². The molecule has 0 aromatic carbocycles. The average molecular weight is 537 g/mol. The third kappa shape index (κ3) is 7.73. The van der Waals surface area contributed by atoms with Crippen LogP contribution in [-0.4, -0.2) is 35.7 Å². The smallest absolute Gasteiger partial charge is 0.213 e. The Morgan fingerprint density at radius 2 is 2.18 bits per heavy atom. The molecule has 2 aromatic heterocycles. The number of nitrogens with one attached hydrogen (secondary N) is 2. The van der Waals surface area contributed by atoms with Gasteiger partial charge in [-0.3, -0.25) is 0 Å². The first-order valence-corrected chi connectivity index (χ1v) is 10.4. The fraction of sp³-hybridized carbons (Fsp3) is 0.474. The molecule has 9 heteroatoms.